The van der Waals surface area contributed by atoms with Crippen molar-refractivity contribution < 1.29 is 26.0 Å². The van der Waals surface area contributed by atoms with Crippen LogP contribution in [0.5, 0.6) is 0 Å². The van der Waals surface area contributed by atoms with E-state index in [1.54, 1.807) is 54.3 Å². The first-order chi connectivity index (χ1) is 17.7. The Kier molecular flexibility index (Phi) is 6.96. The number of fused-ring (bicyclic) bond motifs is 1. The van der Waals surface area contributed by atoms with Gasteiger partial charge in [-0.25, -0.2) is 26.7 Å². The molecule has 0 saturated heterocycles. The molecule has 0 aliphatic rings. The minimum Gasteiger partial charge on any atom is -0.422 e. The number of hydrogen-bond donors (Lipinski definition) is 2. The molecule has 0 aliphatic carbocycles. The molecule has 0 fully saturated rings. The Bertz CT molecular complexity index is 1700. The zero-order valence-electron chi connectivity index (χ0n) is 19.1. The van der Waals surface area contributed by atoms with Gasteiger partial charge in [0.25, 0.3) is 0 Å². The lowest BCUT2D eigenvalue weighted by Gasteiger charge is -2.12. The second-order valence-electron chi connectivity index (χ2n) is 8.03. The predicted molar refractivity (Wildman–Crippen MR) is 135 cm³/mol. The average Bonchev–Trinajstić information content (AvgIpc) is 3.57. The van der Waals surface area contributed by atoms with Crippen molar-refractivity contribution in [3.05, 3.63) is 83.0 Å². The number of halogens is 1. The van der Waals surface area contributed by atoms with Crippen LogP contribution in [0.3, 0.4) is 0 Å². The van der Waals surface area contributed by atoms with Crippen LogP contribution in [-0.4, -0.2) is 42.1 Å². The van der Waals surface area contributed by atoms with E-state index in [0.717, 1.165) is 11.3 Å². The molecule has 0 saturated carbocycles. The maximum atomic E-state index is 14.9. The van der Waals surface area contributed by atoms with Crippen LogP contribution in [0.1, 0.15) is 27.6 Å². The molecule has 2 aromatic carbocycles. The van der Waals surface area contributed by atoms with Crippen LogP contribution in [0.15, 0.2) is 59.3 Å². The lowest BCUT2D eigenvalue weighted by atomic mass is 10.1. The van der Waals surface area contributed by atoms with E-state index in [1.807, 2.05) is 0 Å². The minimum absolute atomic E-state index is 0.0802. The predicted octanol–water partition coefficient (Wildman–Crippen LogP) is 3.15. The van der Waals surface area contributed by atoms with Gasteiger partial charge in [-0.3, -0.25) is 9.23 Å². The van der Waals surface area contributed by atoms with E-state index in [9.17, 15) is 17.0 Å². The monoisotopic (exact) mass is 562 g/mol. The molecular weight excluding hydrogens is 543 g/mol. The number of sulfone groups is 1. The minimum atomic E-state index is -4.00. The third-order valence-corrected chi connectivity index (χ3v) is 8.86. The van der Waals surface area contributed by atoms with Crippen LogP contribution in [0.2, 0.25) is 0 Å². The molecule has 192 valence electrons. The molecule has 15 heteroatoms. The summed E-state index contributed by atoms with van der Waals surface area (Å²) < 4.78 is 72.0. The van der Waals surface area contributed by atoms with Crippen molar-refractivity contribution in [2.24, 2.45) is 7.05 Å². The van der Waals surface area contributed by atoms with Crippen LogP contribution in [0.25, 0.3) is 21.3 Å². The highest BCUT2D eigenvalue weighted by Crippen LogP contribution is 2.38. The highest BCUT2D eigenvalue weighted by Gasteiger charge is 2.37. The van der Waals surface area contributed by atoms with E-state index in [0.29, 0.717) is 21.4 Å². The summed E-state index contributed by atoms with van der Waals surface area (Å²) in [4.78, 5) is 4.43. The van der Waals surface area contributed by atoms with E-state index >= 15 is 0 Å². The lowest BCUT2D eigenvalue weighted by Crippen LogP contribution is -2.17. The van der Waals surface area contributed by atoms with Crippen LogP contribution in [0, 0.1) is 5.82 Å². The molecule has 0 radical (unpaired) electrons. The number of thiazole rings is 1. The van der Waals surface area contributed by atoms with Crippen LogP contribution in [0.4, 0.5) is 4.39 Å². The quantitative estimate of drug-likeness (QED) is 0.258. The lowest BCUT2D eigenvalue weighted by molar-refractivity contribution is 0.442. The van der Waals surface area contributed by atoms with E-state index in [4.69, 9.17) is 8.97 Å². The van der Waals surface area contributed by atoms with E-state index in [2.05, 4.69) is 25.0 Å². The van der Waals surface area contributed by atoms with Crippen molar-refractivity contribution in [1.82, 2.24) is 29.7 Å². The number of nitrogens with one attached hydrogen (secondary N) is 1. The summed E-state index contributed by atoms with van der Waals surface area (Å²) in [5.74, 6) is -1.18. The van der Waals surface area contributed by atoms with Gasteiger partial charge in [-0.05, 0) is 11.6 Å². The van der Waals surface area contributed by atoms with Crippen molar-refractivity contribution in [2.75, 3.05) is 0 Å². The first-order valence-electron chi connectivity index (χ1n) is 10.7. The molecule has 3 heterocycles. The smallest absolute Gasteiger partial charge is 0.241 e. The second-order valence-corrected chi connectivity index (χ2v) is 12.0. The van der Waals surface area contributed by atoms with Crippen molar-refractivity contribution in [3.63, 3.8) is 0 Å². The Labute approximate surface area is 216 Å². The molecule has 0 amide bonds. The Balaban J connectivity index is 1.59. The Morgan fingerprint density at radius 3 is 2.73 bits per heavy atom. The van der Waals surface area contributed by atoms with Gasteiger partial charge in [0.1, 0.15) is 10.8 Å². The molecule has 5 rings (SSSR count). The van der Waals surface area contributed by atoms with Gasteiger partial charge in [0.15, 0.2) is 15.1 Å². The number of benzene rings is 2. The zero-order valence-corrected chi connectivity index (χ0v) is 21.6. The van der Waals surface area contributed by atoms with Crippen LogP contribution in [-0.2, 0) is 40.4 Å². The third-order valence-electron chi connectivity index (χ3n) is 5.36. The second kappa shape index (κ2) is 10.2. The molecule has 2 atom stereocenters. The number of aryl methyl sites for hydroxylation is 1. The van der Waals surface area contributed by atoms with Gasteiger partial charge in [-0.15, -0.1) is 21.5 Å². The zero-order chi connectivity index (χ0) is 26.2. The first-order valence-corrected chi connectivity index (χ1v) is 14.3. The van der Waals surface area contributed by atoms with Gasteiger partial charge in [0.2, 0.25) is 23.0 Å². The Morgan fingerprint density at radius 2 is 2.03 bits per heavy atom. The maximum Gasteiger partial charge on any atom is 0.241 e. The third kappa shape index (κ3) is 5.50. The SMILES string of the molecule is Cn1cc(-c2cc3sc(C(c4nnc(CNS(=O)O)o4)S(=O)(=O)Cc4ccccc4)nc3cc2F)cn1. The Hall–Kier alpha value is -3.37. The van der Waals surface area contributed by atoms with Crippen LogP contribution >= 0.6 is 11.3 Å². The van der Waals surface area contributed by atoms with Gasteiger partial charge >= 0.3 is 0 Å². The van der Waals surface area contributed by atoms with E-state index < -0.39 is 32.2 Å². The molecule has 5 aromatic rings. The summed E-state index contributed by atoms with van der Waals surface area (Å²) in [6, 6.07) is 11.4. The number of rotatable bonds is 9. The van der Waals surface area contributed by atoms with Crippen LogP contribution < -0.4 is 4.72 Å². The highest BCUT2D eigenvalue weighted by atomic mass is 32.2. The molecule has 3 aromatic heterocycles. The average molecular weight is 563 g/mol. The molecule has 2 N–H and O–H groups in total. The number of nitrogens with zero attached hydrogens (tertiary/aromatic N) is 5. The maximum absolute atomic E-state index is 14.9. The molecule has 2 unspecified atom stereocenters. The first kappa shape index (κ1) is 25.3. The van der Waals surface area contributed by atoms with E-state index in [-0.39, 0.29) is 34.6 Å². The summed E-state index contributed by atoms with van der Waals surface area (Å²) in [5.41, 5.74) is 1.71. The fourth-order valence-corrected chi connectivity index (χ4v) is 7.11. The molecule has 0 bridgehead atoms. The van der Waals surface area contributed by atoms with Crippen molar-refractivity contribution in [1.29, 1.82) is 0 Å². The summed E-state index contributed by atoms with van der Waals surface area (Å²) >= 11 is -1.25. The molecule has 0 aliphatic heterocycles. The molecule has 0 spiro atoms. The normalized spacial score (nSPS) is 13.7. The molecular formula is C22H19FN6O5S3. The number of hydrogen-bond acceptors (Lipinski definition) is 9. The number of aromatic nitrogens is 5. The highest BCUT2D eigenvalue weighted by molar-refractivity contribution is 7.91. The fraction of sp³-hybridized carbons (Fsp3) is 0.182. The summed E-state index contributed by atoms with van der Waals surface area (Å²) in [6.45, 7) is -0.249. The van der Waals surface area contributed by atoms with Crippen molar-refractivity contribution >= 4 is 42.7 Å². The molecule has 37 heavy (non-hydrogen) atoms. The van der Waals surface area contributed by atoms with Gasteiger partial charge in [0.05, 0.1) is 28.7 Å². The van der Waals surface area contributed by atoms with Gasteiger partial charge in [-0.1, -0.05) is 30.3 Å². The summed E-state index contributed by atoms with van der Waals surface area (Å²) in [6.07, 6.45) is 3.21. The fourth-order valence-electron chi connectivity index (χ4n) is 3.73. The topological polar surface area (TPSA) is 153 Å². The van der Waals surface area contributed by atoms with Gasteiger partial charge in [-0.2, -0.15) is 5.10 Å². The van der Waals surface area contributed by atoms with Crippen molar-refractivity contribution in [3.8, 4) is 11.1 Å². The largest absolute Gasteiger partial charge is 0.422 e. The van der Waals surface area contributed by atoms with Gasteiger partial charge < -0.3 is 4.42 Å². The summed E-state index contributed by atoms with van der Waals surface area (Å²) in [7, 11) is -2.28. The summed E-state index contributed by atoms with van der Waals surface area (Å²) in [5, 5.41) is 10.5. The standard InChI is InChI=1S/C22H19FN6O5S3/c1-29-11-14(9-24-29)15-7-18-17(8-16(15)23)26-22(35-18)20(21-28-27-19(34-21)10-25-36(30)31)37(32,33)12-13-5-3-2-4-6-13/h2-9,11,20,25H,10,12H2,1H3,(H,30,31). The van der Waals surface area contributed by atoms with Gasteiger partial charge in [0, 0.05) is 30.4 Å². The Morgan fingerprint density at radius 1 is 1.24 bits per heavy atom. The molecule has 11 nitrogen and oxygen atoms in total. The van der Waals surface area contributed by atoms with Crippen molar-refractivity contribution in [2.45, 2.75) is 17.5 Å². The van der Waals surface area contributed by atoms with E-state index in [1.165, 1.54) is 12.3 Å².